The second-order valence-electron chi connectivity index (χ2n) is 5.57. The van der Waals surface area contributed by atoms with Crippen LogP contribution < -0.4 is 15.5 Å². The Labute approximate surface area is 170 Å². The summed E-state index contributed by atoms with van der Waals surface area (Å²) in [5.41, 5.74) is 3.04. The predicted octanol–water partition coefficient (Wildman–Crippen LogP) is 3.24. The van der Waals surface area contributed by atoms with Crippen molar-refractivity contribution < 1.29 is 23.5 Å². The van der Waals surface area contributed by atoms with Crippen LogP contribution in [0.1, 0.15) is 16.1 Å². The van der Waals surface area contributed by atoms with Crippen LogP contribution in [0.2, 0.25) is 5.02 Å². The molecule has 0 saturated heterocycles. The molecule has 9 heteroatoms. The number of esters is 1. The van der Waals surface area contributed by atoms with Gasteiger partial charge >= 0.3 is 17.8 Å². The molecule has 2 aromatic carbocycles. The molecule has 8 nitrogen and oxygen atoms in total. The number of hydrazone groups is 1. The third-order valence-electron chi connectivity index (χ3n) is 3.52. The first kappa shape index (κ1) is 19.8. The Morgan fingerprint density at radius 3 is 2.41 bits per heavy atom. The maximum Gasteiger partial charge on any atom is 0.379 e. The molecule has 0 aliphatic rings. The van der Waals surface area contributed by atoms with Crippen molar-refractivity contribution in [3.63, 3.8) is 0 Å². The van der Waals surface area contributed by atoms with Gasteiger partial charge in [-0.05, 0) is 54.1 Å². The maximum absolute atomic E-state index is 11.8. The highest BCUT2D eigenvalue weighted by Gasteiger charge is 2.14. The van der Waals surface area contributed by atoms with E-state index in [1.165, 1.54) is 18.5 Å². The number of nitrogens with zero attached hydrogens (tertiary/aromatic N) is 1. The summed E-state index contributed by atoms with van der Waals surface area (Å²) in [6, 6.07) is 15.9. The lowest BCUT2D eigenvalue weighted by Gasteiger charge is -2.05. The average molecular weight is 412 g/mol. The van der Waals surface area contributed by atoms with Gasteiger partial charge in [-0.2, -0.15) is 5.10 Å². The Morgan fingerprint density at radius 2 is 1.72 bits per heavy atom. The van der Waals surface area contributed by atoms with Crippen LogP contribution in [-0.4, -0.2) is 24.0 Å². The van der Waals surface area contributed by atoms with Crippen molar-refractivity contribution in [3.05, 3.63) is 83.3 Å². The fraction of sp³-hybridized carbons (Fsp3) is 0. The Bertz CT molecular complexity index is 1050. The summed E-state index contributed by atoms with van der Waals surface area (Å²) in [5, 5.41) is 6.41. The van der Waals surface area contributed by atoms with Crippen molar-refractivity contribution in [1.82, 2.24) is 5.43 Å². The van der Waals surface area contributed by atoms with E-state index in [1.54, 1.807) is 54.6 Å². The number of hydrogen-bond donors (Lipinski definition) is 2. The number of para-hydroxylation sites is 1. The SMILES string of the molecule is O=C(NN=Cc1ccc(OC(=O)c2ccco2)cc1)C(=O)Nc1ccccc1Cl. The van der Waals surface area contributed by atoms with Crippen molar-refractivity contribution >= 4 is 41.3 Å². The molecule has 0 spiro atoms. The molecule has 3 rings (SSSR count). The fourth-order valence-electron chi connectivity index (χ4n) is 2.13. The van der Waals surface area contributed by atoms with E-state index >= 15 is 0 Å². The Morgan fingerprint density at radius 1 is 0.966 bits per heavy atom. The van der Waals surface area contributed by atoms with Gasteiger partial charge in [-0.1, -0.05) is 23.7 Å². The van der Waals surface area contributed by atoms with Crippen molar-refractivity contribution in [1.29, 1.82) is 0 Å². The number of benzene rings is 2. The van der Waals surface area contributed by atoms with Crippen molar-refractivity contribution in [2.24, 2.45) is 5.10 Å². The van der Waals surface area contributed by atoms with E-state index in [4.69, 9.17) is 20.8 Å². The van der Waals surface area contributed by atoms with Gasteiger partial charge in [-0.15, -0.1) is 0 Å². The Hall–Kier alpha value is -3.91. The molecular weight excluding hydrogens is 398 g/mol. The minimum Gasteiger partial charge on any atom is -0.457 e. The number of rotatable bonds is 5. The minimum atomic E-state index is -0.954. The third kappa shape index (κ3) is 5.53. The second kappa shape index (κ2) is 9.34. The number of amides is 2. The average Bonchev–Trinajstić information content (AvgIpc) is 3.26. The van der Waals surface area contributed by atoms with E-state index in [1.807, 2.05) is 0 Å². The number of ether oxygens (including phenoxy) is 1. The summed E-state index contributed by atoms with van der Waals surface area (Å²) < 4.78 is 10.1. The highest BCUT2D eigenvalue weighted by molar-refractivity contribution is 6.41. The summed E-state index contributed by atoms with van der Waals surface area (Å²) in [5.74, 6) is -2.08. The summed E-state index contributed by atoms with van der Waals surface area (Å²) in [6.07, 6.45) is 2.71. The first-order valence-electron chi connectivity index (χ1n) is 8.27. The van der Waals surface area contributed by atoms with Gasteiger partial charge in [-0.3, -0.25) is 9.59 Å². The zero-order valence-electron chi connectivity index (χ0n) is 14.8. The Kier molecular flexibility index (Phi) is 6.39. The van der Waals surface area contributed by atoms with Gasteiger partial charge in [-0.25, -0.2) is 10.2 Å². The zero-order chi connectivity index (χ0) is 20.6. The number of halogens is 1. The zero-order valence-corrected chi connectivity index (χ0v) is 15.6. The fourth-order valence-corrected chi connectivity index (χ4v) is 2.31. The molecule has 1 heterocycles. The highest BCUT2D eigenvalue weighted by Crippen LogP contribution is 2.20. The molecule has 1 aromatic heterocycles. The van der Waals surface area contributed by atoms with Crippen LogP contribution in [0, 0.1) is 0 Å². The van der Waals surface area contributed by atoms with E-state index in [-0.39, 0.29) is 5.76 Å². The number of carbonyl (C=O) groups excluding carboxylic acids is 3. The summed E-state index contributed by atoms with van der Waals surface area (Å²) in [4.78, 5) is 35.4. The predicted molar refractivity (Wildman–Crippen MR) is 106 cm³/mol. The van der Waals surface area contributed by atoms with Crippen LogP contribution in [-0.2, 0) is 9.59 Å². The van der Waals surface area contributed by atoms with Gasteiger partial charge in [0, 0.05) is 0 Å². The van der Waals surface area contributed by atoms with E-state index in [2.05, 4.69) is 15.8 Å². The maximum atomic E-state index is 11.8. The van der Waals surface area contributed by atoms with Crippen LogP contribution in [0.5, 0.6) is 5.75 Å². The molecule has 0 radical (unpaired) electrons. The molecule has 0 bridgehead atoms. The molecule has 29 heavy (non-hydrogen) atoms. The number of hydrogen-bond acceptors (Lipinski definition) is 6. The lowest BCUT2D eigenvalue weighted by Crippen LogP contribution is -2.32. The summed E-state index contributed by atoms with van der Waals surface area (Å²) >= 11 is 5.92. The van der Waals surface area contributed by atoms with Crippen LogP contribution in [0.3, 0.4) is 0 Å². The van der Waals surface area contributed by atoms with Crippen LogP contribution in [0.25, 0.3) is 0 Å². The van der Waals surface area contributed by atoms with Gasteiger partial charge in [0.15, 0.2) is 0 Å². The molecule has 0 atom stereocenters. The number of nitrogens with one attached hydrogen (secondary N) is 2. The van der Waals surface area contributed by atoms with Crippen LogP contribution in [0.4, 0.5) is 5.69 Å². The monoisotopic (exact) mass is 411 g/mol. The van der Waals surface area contributed by atoms with E-state index in [9.17, 15) is 14.4 Å². The van der Waals surface area contributed by atoms with E-state index in [0.717, 1.165) is 0 Å². The lowest BCUT2D eigenvalue weighted by molar-refractivity contribution is -0.136. The molecule has 0 fully saturated rings. The van der Waals surface area contributed by atoms with Crippen molar-refractivity contribution in [2.75, 3.05) is 5.32 Å². The highest BCUT2D eigenvalue weighted by atomic mass is 35.5. The number of furan rings is 1. The summed E-state index contributed by atoms with van der Waals surface area (Å²) in [6.45, 7) is 0. The van der Waals surface area contributed by atoms with Gasteiger partial charge in [0.2, 0.25) is 5.76 Å². The second-order valence-corrected chi connectivity index (χ2v) is 5.98. The Balaban J connectivity index is 1.50. The van der Waals surface area contributed by atoms with Gasteiger partial charge < -0.3 is 14.5 Å². The first-order chi connectivity index (χ1) is 14.0. The number of carbonyl (C=O) groups is 3. The summed E-state index contributed by atoms with van der Waals surface area (Å²) in [7, 11) is 0. The molecule has 0 aliphatic heterocycles. The molecular formula is C20H14ClN3O5. The molecule has 0 aliphatic carbocycles. The van der Waals surface area contributed by atoms with E-state index < -0.39 is 17.8 Å². The normalized spacial score (nSPS) is 10.5. The smallest absolute Gasteiger partial charge is 0.379 e. The molecule has 0 saturated carbocycles. The van der Waals surface area contributed by atoms with Crippen LogP contribution in [0.15, 0.2) is 76.4 Å². The van der Waals surface area contributed by atoms with Crippen molar-refractivity contribution in [3.8, 4) is 5.75 Å². The van der Waals surface area contributed by atoms with Gasteiger partial charge in [0.25, 0.3) is 0 Å². The largest absolute Gasteiger partial charge is 0.457 e. The standard InChI is InChI=1S/C20H14ClN3O5/c21-15-4-1-2-5-16(15)23-18(25)19(26)24-22-12-13-7-9-14(10-8-13)29-20(27)17-6-3-11-28-17/h1-12H,(H,23,25)(H,24,26). The first-order valence-corrected chi connectivity index (χ1v) is 8.65. The quantitative estimate of drug-likeness (QED) is 0.220. The molecule has 146 valence electrons. The van der Waals surface area contributed by atoms with Crippen LogP contribution >= 0.6 is 11.6 Å². The van der Waals surface area contributed by atoms with E-state index in [0.29, 0.717) is 22.0 Å². The molecule has 2 amide bonds. The molecule has 0 unspecified atom stereocenters. The third-order valence-corrected chi connectivity index (χ3v) is 3.85. The minimum absolute atomic E-state index is 0.0911. The molecule has 3 aromatic rings. The van der Waals surface area contributed by atoms with Gasteiger partial charge in [0.05, 0.1) is 23.2 Å². The molecule has 2 N–H and O–H groups in total. The van der Waals surface area contributed by atoms with Gasteiger partial charge in [0.1, 0.15) is 5.75 Å². The van der Waals surface area contributed by atoms with Crippen molar-refractivity contribution in [2.45, 2.75) is 0 Å². The topological polar surface area (TPSA) is 110 Å². The lowest BCUT2D eigenvalue weighted by atomic mass is 10.2. The number of anilines is 1.